The van der Waals surface area contributed by atoms with Crippen molar-refractivity contribution < 1.29 is 23.9 Å². The fourth-order valence-corrected chi connectivity index (χ4v) is 3.72. The van der Waals surface area contributed by atoms with Gasteiger partial charge in [0.15, 0.2) is 0 Å². The number of carbonyl (C=O) groups is 3. The van der Waals surface area contributed by atoms with E-state index in [9.17, 15) is 14.4 Å². The summed E-state index contributed by atoms with van der Waals surface area (Å²) in [5.74, 6) is -0.583. The number of aryl methyl sites for hydroxylation is 1. The number of hydrazone groups is 1. The van der Waals surface area contributed by atoms with Gasteiger partial charge >= 0.3 is 5.97 Å². The highest BCUT2D eigenvalue weighted by atomic mass is 35.5. The third-order valence-electron chi connectivity index (χ3n) is 5.53. The molecular formula is C30H24ClN3O5. The maximum Gasteiger partial charge on any atom is 0.343 e. The molecule has 8 nitrogen and oxygen atoms in total. The molecule has 0 unspecified atom stereocenters. The highest BCUT2D eigenvalue weighted by Crippen LogP contribution is 2.23. The van der Waals surface area contributed by atoms with Gasteiger partial charge in [-0.3, -0.25) is 9.59 Å². The van der Waals surface area contributed by atoms with Crippen LogP contribution in [0.15, 0.2) is 96.1 Å². The number of nitrogens with one attached hydrogen (secondary N) is 2. The summed E-state index contributed by atoms with van der Waals surface area (Å²) >= 11 is 6.11. The average Bonchev–Trinajstić information content (AvgIpc) is 2.94. The molecule has 2 N–H and O–H groups in total. The number of benzene rings is 4. The summed E-state index contributed by atoms with van der Waals surface area (Å²) in [5.41, 5.74) is 5.52. The van der Waals surface area contributed by atoms with Crippen molar-refractivity contribution in [2.75, 3.05) is 12.4 Å². The van der Waals surface area contributed by atoms with E-state index >= 15 is 0 Å². The van der Waals surface area contributed by atoms with Crippen LogP contribution >= 0.6 is 11.6 Å². The molecule has 4 rings (SSSR count). The number of carbonyl (C=O) groups excluding carboxylic acids is 3. The maximum atomic E-state index is 12.6. The summed E-state index contributed by atoms with van der Waals surface area (Å²) in [4.78, 5) is 37.6. The zero-order chi connectivity index (χ0) is 27.8. The van der Waals surface area contributed by atoms with Crippen LogP contribution in [0.3, 0.4) is 0 Å². The molecule has 0 aliphatic carbocycles. The number of anilines is 1. The predicted octanol–water partition coefficient (Wildman–Crippen LogP) is 5.89. The molecule has 0 spiro atoms. The second kappa shape index (κ2) is 12.5. The summed E-state index contributed by atoms with van der Waals surface area (Å²) in [6, 6.07) is 24.9. The van der Waals surface area contributed by atoms with Crippen LogP contribution < -0.4 is 20.2 Å². The fraction of sp³-hybridized carbons (Fsp3) is 0.0667. The molecule has 0 heterocycles. The summed E-state index contributed by atoms with van der Waals surface area (Å²) in [6.07, 6.45) is 1.33. The molecule has 0 atom stereocenters. The van der Waals surface area contributed by atoms with E-state index in [2.05, 4.69) is 15.8 Å². The molecule has 0 saturated carbocycles. The summed E-state index contributed by atoms with van der Waals surface area (Å²) in [6.45, 7) is 1.91. The van der Waals surface area contributed by atoms with Crippen molar-refractivity contribution >= 4 is 41.3 Å². The molecule has 0 aliphatic rings. The first-order chi connectivity index (χ1) is 18.8. The first kappa shape index (κ1) is 27.1. The van der Waals surface area contributed by atoms with E-state index in [0.717, 1.165) is 5.56 Å². The number of amides is 2. The molecule has 0 fully saturated rings. The zero-order valence-corrected chi connectivity index (χ0v) is 21.9. The molecule has 2 amide bonds. The van der Waals surface area contributed by atoms with Gasteiger partial charge in [0.25, 0.3) is 11.8 Å². The Balaban J connectivity index is 1.39. The van der Waals surface area contributed by atoms with Crippen LogP contribution in [0, 0.1) is 6.92 Å². The van der Waals surface area contributed by atoms with Crippen molar-refractivity contribution in [2.45, 2.75) is 6.92 Å². The van der Waals surface area contributed by atoms with Crippen molar-refractivity contribution in [3.05, 3.63) is 124 Å². The molecule has 0 aromatic heterocycles. The quantitative estimate of drug-likeness (QED) is 0.125. The highest BCUT2D eigenvalue weighted by molar-refractivity contribution is 6.31. The minimum Gasteiger partial charge on any atom is -0.497 e. The van der Waals surface area contributed by atoms with Crippen LogP contribution in [0.5, 0.6) is 11.5 Å². The molecule has 0 radical (unpaired) electrons. The van der Waals surface area contributed by atoms with Gasteiger partial charge in [-0.05, 0) is 79.7 Å². The van der Waals surface area contributed by atoms with Gasteiger partial charge in [-0.15, -0.1) is 0 Å². The Morgan fingerprint density at radius 3 is 2.31 bits per heavy atom. The molecular weight excluding hydrogens is 518 g/mol. The van der Waals surface area contributed by atoms with E-state index in [1.807, 2.05) is 19.1 Å². The lowest BCUT2D eigenvalue weighted by atomic mass is 10.1. The van der Waals surface area contributed by atoms with Gasteiger partial charge in [-0.2, -0.15) is 5.10 Å². The van der Waals surface area contributed by atoms with E-state index in [1.165, 1.54) is 19.4 Å². The van der Waals surface area contributed by atoms with Crippen LogP contribution in [-0.2, 0) is 0 Å². The normalized spacial score (nSPS) is 10.6. The maximum absolute atomic E-state index is 12.6. The lowest BCUT2D eigenvalue weighted by molar-refractivity contribution is 0.0733. The minimum atomic E-state index is -0.593. The van der Waals surface area contributed by atoms with Gasteiger partial charge < -0.3 is 14.8 Å². The van der Waals surface area contributed by atoms with Gasteiger partial charge in [0.2, 0.25) is 0 Å². The Labute approximate surface area is 230 Å². The number of halogens is 1. The van der Waals surface area contributed by atoms with Crippen molar-refractivity contribution in [3.63, 3.8) is 0 Å². The standard InChI is InChI=1S/C30H24ClN3O5/c1-19-5-3-6-21(15-19)28(35)33-25-12-9-20(10-13-25)29(36)34-32-18-23-16-24(31)11-14-27(23)39-30(37)22-7-4-8-26(17-22)38-2/h3-18H,1-2H3,(H,33,35)(H,34,36)/b32-18+. The second-order valence-corrected chi connectivity index (χ2v) is 8.84. The van der Waals surface area contributed by atoms with Crippen LogP contribution in [-0.4, -0.2) is 31.1 Å². The number of ether oxygens (including phenoxy) is 2. The van der Waals surface area contributed by atoms with Crippen LogP contribution in [0.2, 0.25) is 5.02 Å². The van der Waals surface area contributed by atoms with Gasteiger partial charge in [0.05, 0.1) is 18.9 Å². The molecule has 4 aromatic rings. The molecule has 196 valence electrons. The molecule has 0 aliphatic heterocycles. The Bertz CT molecular complexity index is 1550. The number of hydrogen-bond donors (Lipinski definition) is 2. The van der Waals surface area contributed by atoms with E-state index in [0.29, 0.717) is 38.7 Å². The lowest BCUT2D eigenvalue weighted by Crippen LogP contribution is -2.18. The molecule has 4 aromatic carbocycles. The van der Waals surface area contributed by atoms with E-state index in [1.54, 1.807) is 72.8 Å². The highest BCUT2D eigenvalue weighted by Gasteiger charge is 2.13. The Hall–Kier alpha value is -4.95. The number of methoxy groups -OCH3 is 1. The smallest absolute Gasteiger partial charge is 0.343 e. The largest absolute Gasteiger partial charge is 0.497 e. The number of hydrogen-bond acceptors (Lipinski definition) is 6. The Morgan fingerprint density at radius 2 is 1.56 bits per heavy atom. The van der Waals surface area contributed by atoms with Crippen molar-refractivity contribution in [2.24, 2.45) is 5.10 Å². The van der Waals surface area contributed by atoms with Crippen molar-refractivity contribution in [3.8, 4) is 11.5 Å². The van der Waals surface area contributed by atoms with Crippen LogP contribution in [0.4, 0.5) is 5.69 Å². The predicted molar refractivity (Wildman–Crippen MR) is 150 cm³/mol. The fourth-order valence-electron chi connectivity index (χ4n) is 3.54. The second-order valence-electron chi connectivity index (χ2n) is 8.40. The van der Waals surface area contributed by atoms with Gasteiger partial charge in [0.1, 0.15) is 11.5 Å². The Kier molecular flexibility index (Phi) is 8.71. The van der Waals surface area contributed by atoms with Crippen LogP contribution in [0.1, 0.15) is 42.2 Å². The third kappa shape index (κ3) is 7.30. The number of rotatable bonds is 8. The first-order valence-electron chi connectivity index (χ1n) is 11.8. The van der Waals surface area contributed by atoms with Gasteiger partial charge in [-0.1, -0.05) is 35.4 Å². The number of esters is 1. The average molecular weight is 542 g/mol. The van der Waals surface area contributed by atoms with Crippen molar-refractivity contribution in [1.82, 2.24) is 5.43 Å². The molecule has 0 saturated heterocycles. The first-order valence-corrected chi connectivity index (χ1v) is 12.2. The summed E-state index contributed by atoms with van der Waals surface area (Å²) in [5, 5.41) is 7.18. The van der Waals surface area contributed by atoms with Crippen LogP contribution in [0.25, 0.3) is 0 Å². The van der Waals surface area contributed by atoms with Gasteiger partial charge in [0, 0.05) is 27.4 Å². The molecule has 9 heteroatoms. The Morgan fingerprint density at radius 1 is 0.821 bits per heavy atom. The molecule has 39 heavy (non-hydrogen) atoms. The topological polar surface area (TPSA) is 106 Å². The van der Waals surface area contributed by atoms with E-state index in [4.69, 9.17) is 21.1 Å². The third-order valence-corrected chi connectivity index (χ3v) is 5.77. The summed E-state index contributed by atoms with van der Waals surface area (Å²) in [7, 11) is 1.51. The SMILES string of the molecule is COc1cccc(C(=O)Oc2ccc(Cl)cc2/C=N/NC(=O)c2ccc(NC(=O)c3cccc(C)c3)cc2)c1. The summed E-state index contributed by atoms with van der Waals surface area (Å²) < 4.78 is 10.7. The van der Waals surface area contributed by atoms with Gasteiger partial charge in [-0.25, -0.2) is 10.2 Å². The van der Waals surface area contributed by atoms with E-state index < -0.39 is 11.9 Å². The van der Waals surface area contributed by atoms with E-state index in [-0.39, 0.29) is 11.7 Å². The van der Waals surface area contributed by atoms with Crippen molar-refractivity contribution in [1.29, 1.82) is 0 Å². The monoisotopic (exact) mass is 541 g/mol. The minimum absolute atomic E-state index is 0.207. The number of nitrogens with zero attached hydrogens (tertiary/aromatic N) is 1. The lowest BCUT2D eigenvalue weighted by Gasteiger charge is -2.09. The molecule has 0 bridgehead atoms. The zero-order valence-electron chi connectivity index (χ0n) is 21.1.